The summed E-state index contributed by atoms with van der Waals surface area (Å²) in [6, 6.07) is 13.3. The van der Waals surface area contributed by atoms with Crippen LogP contribution in [0.3, 0.4) is 0 Å². The lowest BCUT2D eigenvalue weighted by Gasteiger charge is -2.29. The predicted octanol–water partition coefficient (Wildman–Crippen LogP) is 6.19. The van der Waals surface area contributed by atoms with E-state index >= 15 is 0 Å². The van der Waals surface area contributed by atoms with Crippen LogP contribution >= 0.6 is 31.9 Å². The average Bonchev–Trinajstić information content (AvgIpc) is 3.29. The second kappa shape index (κ2) is 12.0. The number of halogens is 2. The summed E-state index contributed by atoms with van der Waals surface area (Å²) in [6.07, 6.45) is 4.28. The van der Waals surface area contributed by atoms with E-state index in [1.807, 2.05) is 42.5 Å². The zero-order chi connectivity index (χ0) is 24.0. The number of carbonyl (C=O) groups is 2. The van der Waals surface area contributed by atoms with Crippen molar-refractivity contribution in [2.75, 3.05) is 6.61 Å². The van der Waals surface area contributed by atoms with Crippen LogP contribution in [-0.2, 0) is 16.1 Å². The smallest absolute Gasteiger partial charge is 0.261 e. The fourth-order valence-electron chi connectivity index (χ4n) is 4.02. The van der Waals surface area contributed by atoms with E-state index in [1.54, 1.807) is 11.8 Å². The van der Waals surface area contributed by atoms with Crippen LogP contribution in [0.25, 0.3) is 0 Å². The first-order valence-electron chi connectivity index (χ1n) is 11.5. The Bertz CT molecular complexity index is 974. The second-order valence-corrected chi connectivity index (χ2v) is 10.7. The SMILES string of the molecule is CC(C)c1ccc(OCC(=O)N(Cc2cccc(Br)c2)[C@@H](C)C(=O)NC2CCCC2)c(Br)c1. The molecule has 5 nitrogen and oxygen atoms in total. The van der Waals surface area contributed by atoms with Crippen LogP contribution in [0.5, 0.6) is 5.75 Å². The largest absolute Gasteiger partial charge is 0.483 e. The number of nitrogens with zero attached hydrogens (tertiary/aromatic N) is 1. The van der Waals surface area contributed by atoms with Crippen molar-refractivity contribution in [3.63, 3.8) is 0 Å². The summed E-state index contributed by atoms with van der Waals surface area (Å²) < 4.78 is 7.60. The molecule has 178 valence electrons. The van der Waals surface area contributed by atoms with Crippen molar-refractivity contribution in [1.82, 2.24) is 10.2 Å². The lowest BCUT2D eigenvalue weighted by atomic mass is 10.0. The number of amides is 2. The van der Waals surface area contributed by atoms with Crippen LogP contribution in [0.4, 0.5) is 0 Å². The van der Waals surface area contributed by atoms with E-state index < -0.39 is 6.04 Å². The number of hydrogen-bond donors (Lipinski definition) is 1. The predicted molar refractivity (Wildman–Crippen MR) is 138 cm³/mol. The fraction of sp³-hybridized carbons (Fsp3) is 0.462. The Hall–Kier alpha value is -1.86. The van der Waals surface area contributed by atoms with Gasteiger partial charge in [0, 0.05) is 17.1 Å². The zero-order valence-corrected chi connectivity index (χ0v) is 22.6. The molecule has 1 fully saturated rings. The third-order valence-electron chi connectivity index (χ3n) is 6.08. The lowest BCUT2D eigenvalue weighted by molar-refractivity contribution is -0.142. The lowest BCUT2D eigenvalue weighted by Crippen LogP contribution is -2.50. The number of hydrogen-bond acceptors (Lipinski definition) is 3. The van der Waals surface area contributed by atoms with E-state index in [1.165, 1.54) is 5.56 Å². The fourth-order valence-corrected chi connectivity index (χ4v) is 4.98. The normalized spacial score (nSPS) is 14.8. The monoisotopic (exact) mass is 578 g/mol. The summed E-state index contributed by atoms with van der Waals surface area (Å²) in [7, 11) is 0. The standard InChI is InChI=1S/C26H32Br2N2O3/c1-17(2)20-11-12-24(23(28)14-20)33-16-25(31)30(15-19-7-6-8-21(27)13-19)18(3)26(32)29-22-9-4-5-10-22/h6-8,11-14,17-18,22H,4-5,9-10,15-16H2,1-3H3,(H,29,32)/t18-/m0/s1. The molecule has 0 heterocycles. The van der Waals surface area contributed by atoms with Crippen molar-refractivity contribution < 1.29 is 14.3 Å². The first kappa shape index (κ1) is 25.8. The summed E-state index contributed by atoms with van der Waals surface area (Å²) in [5, 5.41) is 3.12. The topological polar surface area (TPSA) is 58.6 Å². The Morgan fingerprint density at radius 2 is 1.82 bits per heavy atom. The molecular formula is C26H32Br2N2O3. The highest BCUT2D eigenvalue weighted by Crippen LogP contribution is 2.29. The van der Waals surface area contributed by atoms with Crippen molar-refractivity contribution in [2.45, 2.75) is 71.0 Å². The highest BCUT2D eigenvalue weighted by molar-refractivity contribution is 9.10. The molecule has 2 aromatic carbocycles. The Morgan fingerprint density at radius 3 is 2.45 bits per heavy atom. The Kier molecular flexibility index (Phi) is 9.38. The molecule has 3 rings (SSSR count). The number of rotatable bonds is 9. The van der Waals surface area contributed by atoms with Crippen molar-refractivity contribution in [3.8, 4) is 5.75 Å². The van der Waals surface area contributed by atoms with Crippen LogP contribution in [-0.4, -0.2) is 35.4 Å². The molecule has 2 aromatic rings. The van der Waals surface area contributed by atoms with Crippen LogP contribution in [0.2, 0.25) is 0 Å². The van der Waals surface area contributed by atoms with E-state index in [0.717, 1.165) is 40.2 Å². The van der Waals surface area contributed by atoms with Gasteiger partial charge in [-0.2, -0.15) is 0 Å². The van der Waals surface area contributed by atoms with Crippen LogP contribution in [0, 0.1) is 0 Å². The molecule has 1 atom stereocenters. The minimum atomic E-state index is -0.604. The van der Waals surface area contributed by atoms with Crippen molar-refractivity contribution in [1.29, 1.82) is 0 Å². The van der Waals surface area contributed by atoms with Gasteiger partial charge in [-0.05, 0) is 77.0 Å². The highest BCUT2D eigenvalue weighted by Gasteiger charge is 2.29. The maximum Gasteiger partial charge on any atom is 0.261 e. The summed E-state index contributed by atoms with van der Waals surface area (Å²) in [5.74, 6) is 0.659. The molecule has 0 unspecified atom stereocenters. The zero-order valence-electron chi connectivity index (χ0n) is 19.4. The molecule has 1 aliphatic carbocycles. The van der Waals surface area contributed by atoms with Gasteiger partial charge in [0.2, 0.25) is 5.91 Å². The van der Waals surface area contributed by atoms with Crippen molar-refractivity contribution in [3.05, 3.63) is 62.5 Å². The van der Waals surface area contributed by atoms with E-state index in [9.17, 15) is 9.59 Å². The maximum absolute atomic E-state index is 13.3. The summed E-state index contributed by atoms with van der Waals surface area (Å²) in [4.78, 5) is 27.8. The molecule has 7 heteroatoms. The maximum atomic E-state index is 13.3. The molecule has 0 saturated heterocycles. The second-order valence-electron chi connectivity index (χ2n) is 8.95. The molecule has 33 heavy (non-hydrogen) atoms. The highest BCUT2D eigenvalue weighted by atomic mass is 79.9. The summed E-state index contributed by atoms with van der Waals surface area (Å²) in [6.45, 7) is 6.23. The molecule has 1 N–H and O–H groups in total. The average molecular weight is 580 g/mol. The van der Waals surface area contributed by atoms with Gasteiger partial charge in [0.05, 0.1) is 4.47 Å². The molecule has 1 aliphatic rings. The molecule has 0 bridgehead atoms. The summed E-state index contributed by atoms with van der Waals surface area (Å²) in [5.41, 5.74) is 2.13. The number of nitrogens with one attached hydrogen (secondary N) is 1. The van der Waals surface area contributed by atoms with Crippen LogP contribution in [0.1, 0.15) is 63.5 Å². The summed E-state index contributed by atoms with van der Waals surface area (Å²) >= 11 is 7.03. The van der Waals surface area contributed by atoms with Gasteiger partial charge in [-0.3, -0.25) is 9.59 Å². The molecule has 1 saturated carbocycles. The van der Waals surface area contributed by atoms with Gasteiger partial charge >= 0.3 is 0 Å². The van der Waals surface area contributed by atoms with Crippen LogP contribution < -0.4 is 10.1 Å². The minimum Gasteiger partial charge on any atom is -0.483 e. The third kappa shape index (κ3) is 7.31. The van der Waals surface area contributed by atoms with E-state index in [4.69, 9.17) is 4.74 Å². The molecule has 0 radical (unpaired) electrons. The van der Waals surface area contributed by atoms with Gasteiger partial charge < -0.3 is 15.0 Å². The van der Waals surface area contributed by atoms with Gasteiger partial charge in [-0.25, -0.2) is 0 Å². The van der Waals surface area contributed by atoms with Gasteiger partial charge in [0.15, 0.2) is 6.61 Å². The molecule has 2 amide bonds. The molecule has 0 aromatic heterocycles. The van der Waals surface area contributed by atoms with E-state index in [0.29, 0.717) is 18.2 Å². The van der Waals surface area contributed by atoms with Gasteiger partial charge in [0.1, 0.15) is 11.8 Å². The van der Waals surface area contributed by atoms with E-state index in [-0.39, 0.29) is 24.5 Å². The molecule has 0 aliphatic heterocycles. The first-order valence-corrected chi connectivity index (χ1v) is 13.1. The molecule has 0 spiro atoms. The number of benzene rings is 2. The van der Waals surface area contributed by atoms with Gasteiger partial charge in [0.25, 0.3) is 5.91 Å². The van der Waals surface area contributed by atoms with Crippen LogP contribution in [0.15, 0.2) is 51.4 Å². The molecular weight excluding hydrogens is 548 g/mol. The van der Waals surface area contributed by atoms with Crippen molar-refractivity contribution in [2.24, 2.45) is 0 Å². The third-order valence-corrected chi connectivity index (χ3v) is 7.20. The van der Waals surface area contributed by atoms with Crippen molar-refractivity contribution >= 4 is 43.7 Å². The minimum absolute atomic E-state index is 0.118. The Morgan fingerprint density at radius 1 is 1.09 bits per heavy atom. The quantitative estimate of drug-likeness (QED) is 0.385. The van der Waals surface area contributed by atoms with Gasteiger partial charge in [-0.1, -0.05) is 60.8 Å². The van der Waals surface area contributed by atoms with E-state index in [2.05, 4.69) is 51.0 Å². The Labute approximate surface area is 213 Å². The number of ether oxygens (including phenoxy) is 1. The first-order chi connectivity index (χ1) is 15.7. The van der Waals surface area contributed by atoms with Gasteiger partial charge in [-0.15, -0.1) is 0 Å². The Balaban J connectivity index is 1.72. The number of carbonyl (C=O) groups excluding carboxylic acids is 2.